The number of carbonyl (C=O) groups excluding carboxylic acids is 2. The quantitative estimate of drug-likeness (QED) is 0.113. The Balaban J connectivity index is 1.09. The molecule has 1 heterocycles. The molecule has 2 amide bonds. The number of carboxylic acids is 1. The largest absolute Gasteiger partial charge is 0.479 e. The number of benzene rings is 4. The fourth-order valence-corrected chi connectivity index (χ4v) is 6.31. The molecule has 1 aliphatic heterocycles. The standard InChI is InChI=1S/C40H49N3O6/c44-36(43-24-22-41-23-25-43)29-49-38(40(46)47)37(48-26-10-2-4-12-31-18-20-33-14-6-8-16-35(33)28-31)39(45)42-21-9-1-3-11-30-17-19-32-13-5-7-15-34(32)27-30/h5-8,13-20,27-28,37-38,41H,1-4,9-12,21-26,29H2,(H,42,45)(H,46,47). The molecule has 9 nitrogen and oxygen atoms in total. The van der Waals surface area contributed by atoms with Gasteiger partial charge in [-0.1, -0.05) is 97.8 Å². The number of unbranched alkanes of at least 4 members (excludes halogenated alkanes) is 4. The lowest BCUT2D eigenvalue weighted by Crippen LogP contribution is -2.51. The van der Waals surface area contributed by atoms with Crippen LogP contribution in [0.1, 0.15) is 49.7 Å². The van der Waals surface area contributed by atoms with Crippen molar-refractivity contribution >= 4 is 39.3 Å². The van der Waals surface area contributed by atoms with Crippen molar-refractivity contribution in [1.82, 2.24) is 15.5 Å². The molecule has 0 aliphatic carbocycles. The van der Waals surface area contributed by atoms with E-state index in [-0.39, 0.29) is 12.5 Å². The average Bonchev–Trinajstić information content (AvgIpc) is 3.13. The molecule has 4 aromatic rings. The van der Waals surface area contributed by atoms with Crippen LogP contribution in [0.3, 0.4) is 0 Å². The van der Waals surface area contributed by atoms with Crippen LogP contribution in [0.25, 0.3) is 21.5 Å². The van der Waals surface area contributed by atoms with Gasteiger partial charge in [-0.05, 0) is 71.2 Å². The summed E-state index contributed by atoms with van der Waals surface area (Å²) in [5.41, 5.74) is 2.55. The number of amides is 2. The minimum atomic E-state index is -1.60. The van der Waals surface area contributed by atoms with E-state index in [2.05, 4.69) is 71.3 Å². The van der Waals surface area contributed by atoms with Gasteiger partial charge >= 0.3 is 5.97 Å². The van der Waals surface area contributed by atoms with E-state index in [4.69, 9.17) is 9.47 Å². The van der Waals surface area contributed by atoms with Crippen LogP contribution in [0.15, 0.2) is 84.9 Å². The van der Waals surface area contributed by atoms with Crippen LogP contribution >= 0.6 is 0 Å². The van der Waals surface area contributed by atoms with E-state index in [0.29, 0.717) is 39.1 Å². The highest BCUT2D eigenvalue weighted by atomic mass is 16.6. The van der Waals surface area contributed by atoms with Gasteiger partial charge in [0.25, 0.3) is 5.91 Å². The molecule has 0 radical (unpaired) electrons. The van der Waals surface area contributed by atoms with Crippen LogP contribution in [0.2, 0.25) is 0 Å². The zero-order valence-corrected chi connectivity index (χ0v) is 28.3. The lowest BCUT2D eigenvalue weighted by Gasteiger charge is -2.29. The predicted molar refractivity (Wildman–Crippen MR) is 193 cm³/mol. The van der Waals surface area contributed by atoms with Gasteiger partial charge in [-0.2, -0.15) is 0 Å². The number of aryl methyl sites for hydroxylation is 2. The van der Waals surface area contributed by atoms with Gasteiger partial charge in [-0.15, -0.1) is 0 Å². The third-order valence-corrected chi connectivity index (χ3v) is 9.11. The highest BCUT2D eigenvalue weighted by molar-refractivity contribution is 5.88. The molecule has 5 rings (SSSR count). The van der Waals surface area contributed by atoms with Crippen molar-refractivity contribution in [3.8, 4) is 0 Å². The number of carbonyl (C=O) groups is 3. The van der Waals surface area contributed by atoms with E-state index >= 15 is 0 Å². The molecule has 0 bridgehead atoms. The van der Waals surface area contributed by atoms with Crippen molar-refractivity contribution in [1.29, 1.82) is 0 Å². The molecule has 2 atom stereocenters. The van der Waals surface area contributed by atoms with Crippen LogP contribution in [0.4, 0.5) is 0 Å². The van der Waals surface area contributed by atoms with Gasteiger partial charge in [0.2, 0.25) is 5.91 Å². The van der Waals surface area contributed by atoms with Crippen molar-refractivity contribution in [3.63, 3.8) is 0 Å². The maximum Gasteiger partial charge on any atom is 0.336 e. The normalized spacial score (nSPS) is 14.5. The number of rotatable bonds is 19. The third-order valence-electron chi connectivity index (χ3n) is 9.11. The van der Waals surface area contributed by atoms with Crippen LogP contribution in [-0.4, -0.2) is 85.9 Å². The molecule has 3 N–H and O–H groups in total. The number of fused-ring (bicyclic) bond motifs is 2. The second-order valence-corrected chi connectivity index (χ2v) is 12.8. The van der Waals surface area contributed by atoms with E-state index in [1.54, 1.807) is 4.90 Å². The Morgan fingerprint density at radius 1 is 0.694 bits per heavy atom. The molecule has 0 spiro atoms. The van der Waals surface area contributed by atoms with E-state index < -0.39 is 30.7 Å². The minimum absolute atomic E-state index is 0.209. The number of nitrogens with zero attached hydrogens (tertiary/aromatic N) is 1. The number of carboxylic acid groups (broad SMARTS) is 1. The summed E-state index contributed by atoms with van der Waals surface area (Å²) in [4.78, 5) is 40.0. The summed E-state index contributed by atoms with van der Waals surface area (Å²) in [6, 6.07) is 29.6. The Morgan fingerprint density at radius 3 is 1.86 bits per heavy atom. The number of hydrogen-bond donors (Lipinski definition) is 3. The minimum Gasteiger partial charge on any atom is -0.479 e. The molecule has 49 heavy (non-hydrogen) atoms. The van der Waals surface area contributed by atoms with Gasteiger partial charge in [-0.3, -0.25) is 9.59 Å². The third kappa shape index (κ3) is 11.1. The number of ether oxygens (including phenoxy) is 2. The van der Waals surface area contributed by atoms with Gasteiger partial charge in [0.05, 0.1) is 0 Å². The molecule has 260 valence electrons. The number of hydrogen-bond acceptors (Lipinski definition) is 6. The van der Waals surface area contributed by atoms with Crippen molar-refractivity contribution in [2.45, 2.75) is 63.6 Å². The fourth-order valence-electron chi connectivity index (χ4n) is 6.31. The van der Waals surface area contributed by atoms with Gasteiger partial charge in [0, 0.05) is 39.3 Å². The summed E-state index contributed by atoms with van der Waals surface area (Å²) in [7, 11) is 0. The summed E-state index contributed by atoms with van der Waals surface area (Å²) in [6.45, 7) is 2.58. The van der Waals surface area contributed by atoms with E-state index in [0.717, 1.165) is 44.9 Å². The van der Waals surface area contributed by atoms with Gasteiger partial charge in [0.1, 0.15) is 6.61 Å². The van der Waals surface area contributed by atoms with Crippen LogP contribution < -0.4 is 10.6 Å². The molecule has 1 aliphatic rings. The van der Waals surface area contributed by atoms with Crippen molar-refractivity contribution in [3.05, 3.63) is 96.1 Å². The Kier molecular flexibility index (Phi) is 14.0. The Hall–Kier alpha value is -4.31. The SMILES string of the molecule is O=C(O)C(OCC(=O)N1CCNCC1)C(OCCCCCc1ccc2ccccc2c1)C(=O)NCCCCCc1ccc2ccccc2c1. The first kappa shape index (κ1) is 36.0. The number of piperazine rings is 1. The first-order valence-electron chi connectivity index (χ1n) is 17.7. The van der Waals surface area contributed by atoms with Crippen molar-refractivity contribution in [2.24, 2.45) is 0 Å². The van der Waals surface area contributed by atoms with Crippen molar-refractivity contribution in [2.75, 3.05) is 45.9 Å². The molecule has 4 aromatic carbocycles. The smallest absolute Gasteiger partial charge is 0.336 e. The lowest BCUT2D eigenvalue weighted by atomic mass is 10.0. The summed E-state index contributed by atoms with van der Waals surface area (Å²) in [5, 5.41) is 21.0. The Labute approximate surface area is 289 Å². The molecular weight excluding hydrogens is 618 g/mol. The predicted octanol–water partition coefficient (Wildman–Crippen LogP) is 5.52. The Morgan fingerprint density at radius 2 is 1.27 bits per heavy atom. The summed E-state index contributed by atoms with van der Waals surface area (Å²) in [5.74, 6) is -2.17. The molecule has 1 fully saturated rings. The second-order valence-electron chi connectivity index (χ2n) is 12.8. The topological polar surface area (TPSA) is 117 Å². The highest BCUT2D eigenvalue weighted by Gasteiger charge is 2.36. The zero-order valence-electron chi connectivity index (χ0n) is 28.3. The molecular formula is C40H49N3O6. The maximum atomic E-state index is 13.3. The maximum absolute atomic E-state index is 13.3. The second kappa shape index (κ2) is 19.0. The van der Waals surface area contributed by atoms with Crippen molar-refractivity contribution < 1.29 is 29.0 Å². The highest BCUT2D eigenvalue weighted by Crippen LogP contribution is 2.19. The molecule has 0 aromatic heterocycles. The van der Waals surface area contributed by atoms with E-state index in [1.807, 2.05) is 24.3 Å². The summed E-state index contributed by atoms with van der Waals surface area (Å²) >= 11 is 0. The van der Waals surface area contributed by atoms with Gasteiger partial charge in [0.15, 0.2) is 12.2 Å². The monoisotopic (exact) mass is 667 g/mol. The molecule has 2 unspecified atom stereocenters. The fraction of sp³-hybridized carbons (Fsp3) is 0.425. The first-order valence-corrected chi connectivity index (χ1v) is 17.7. The average molecular weight is 668 g/mol. The number of aliphatic carboxylic acids is 1. The van der Waals surface area contributed by atoms with E-state index in [9.17, 15) is 19.5 Å². The zero-order chi connectivity index (χ0) is 34.3. The van der Waals surface area contributed by atoms with Crippen LogP contribution in [0.5, 0.6) is 0 Å². The summed E-state index contributed by atoms with van der Waals surface area (Å²) < 4.78 is 11.5. The van der Waals surface area contributed by atoms with Gasteiger partial charge < -0.3 is 30.1 Å². The number of nitrogens with one attached hydrogen (secondary N) is 2. The van der Waals surface area contributed by atoms with Crippen LogP contribution in [-0.2, 0) is 36.7 Å². The van der Waals surface area contributed by atoms with Crippen LogP contribution in [0, 0.1) is 0 Å². The first-order chi connectivity index (χ1) is 24.0. The van der Waals surface area contributed by atoms with Gasteiger partial charge in [-0.25, -0.2) is 4.79 Å². The molecule has 0 saturated carbocycles. The summed E-state index contributed by atoms with van der Waals surface area (Å²) in [6.07, 6.45) is 4.00. The lowest BCUT2D eigenvalue weighted by molar-refractivity contribution is -0.171. The molecule has 9 heteroatoms. The Bertz CT molecular complexity index is 1670. The van der Waals surface area contributed by atoms with E-state index in [1.165, 1.54) is 32.7 Å². The molecule has 1 saturated heterocycles.